The minimum absolute atomic E-state index is 0.251. The maximum Gasteiger partial charge on any atom is 0.191 e. The van der Waals surface area contributed by atoms with E-state index >= 15 is 0 Å². The van der Waals surface area contributed by atoms with Gasteiger partial charge in [0.25, 0.3) is 0 Å². The fourth-order valence-corrected chi connectivity index (χ4v) is 3.09. The van der Waals surface area contributed by atoms with Crippen molar-refractivity contribution >= 4 is 11.8 Å². The molecule has 0 spiro atoms. The van der Waals surface area contributed by atoms with Crippen molar-refractivity contribution < 1.29 is 8.81 Å². The molecular formula is C22H26FN7O. The van der Waals surface area contributed by atoms with E-state index in [-0.39, 0.29) is 11.6 Å². The van der Waals surface area contributed by atoms with Gasteiger partial charge in [0.05, 0.1) is 17.6 Å². The topological polar surface area (TPSA) is 117 Å². The van der Waals surface area contributed by atoms with E-state index in [1.165, 1.54) is 16.8 Å². The molecule has 0 saturated carbocycles. The number of nitrogens with one attached hydrogen (secondary N) is 2. The van der Waals surface area contributed by atoms with Gasteiger partial charge in [-0.05, 0) is 56.2 Å². The monoisotopic (exact) mass is 423 g/mol. The smallest absolute Gasteiger partial charge is 0.191 e. The second-order valence-electron chi connectivity index (χ2n) is 6.83. The van der Waals surface area contributed by atoms with Gasteiger partial charge in [-0.15, -0.1) is 0 Å². The zero-order chi connectivity index (χ0) is 22.1. The molecule has 0 aliphatic heterocycles. The van der Waals surface area contributed by atoms with Crippen LogP contribution in [0.25, 0.3) is 5.69 Å². The van der Waals surface area contributed by atoms with Gasteiger partial charge in [-0.3, -0.25) is 4.99 Å². The van der Waals surface area contributed by atoms with Crippen molar-refractivity contribution in [2.75, 3.05) is 25.4 Å². The zero-order valence-corrected chi connectivity index (χ0v) is 17.4. The summed E-state index contributed by atoms with van der Waals surface area (Å²) < 4.78 is 20.0. The van der Waals surface area contributed by atoms with Crippen LogP contribution >= 0.6 is 0 Å². The van der Waals surface area contributed by atoms with Crippen molar-refractivity contribution in [3.8, 4) is 11.8 Å². The lowest BCUT2D eigenvalue weighted by atomic mass is 10.1. The summed E-state index contributed by atoms with van der Waals surface area (Å²) in [5.41, 5.74) is 7.66. The van der Waals surface area contributed by atoms with E-state index in [4.69, 9.17) is 10.2 Å². The first-order valence-corrected chi connectivity index (χ1v) is 10.2. The first-order chi connectivity index (χ1) is 15.1. The van der Waals surface area contributed by atoms with Crippen LogP contribution in [0.15, 0.2) is 52.1 Å². The van der Waals surface area contributed by atoms with Gasteiger partial charge >= 0.3 is 0 Å². The highest BCUT2D eigenvalue weighted by Gasteiger charge is 2.16. The molecule has 4 N–H and O–H groups in total. The normalized spacial score (nSPS) is 11.3. The molecule has 0 aliphatic rings. The van der Waals surface area contributed by atoms with E-state index in [9.17, 15) is 9.65 Å². The third kappa shape index (κ3) is 5.85. The molecule has 31 heavy (non-hydrogen) atoms. The number of anilines is 1. The third-order valence-electron chi connectivity index (χ3n) is 4.61. The molecule has 0 amide bonds. The minimum atomic E-state index is -0.345. The van der Waals surface area contributed by atoms with Crippen LogP contribution in [0, 0.1) is 17.1 Å². The molecular weight excluding hydrogens is 397 g/mol. The molecule has 1 aromatic carbocycles. The Balaban J connectivity index is 1.58. The number of nitrogens with zero attached hydrogens (tertiary/aromatic N) is 4. The number of rotatable bonds is 9. The average Bonchev–Trinajstić information content (AvgIpc) is 3.39. The van der Waals surface area contributed by atoms with Crippen LogP contribution in [-0.2, 0) is 12.8 Å². The van der Waals surface area contributed by atoms with Crippen LogP contribution in [0.2, 0.25) is 0 Å². The summed E-state index contributed by atoms with van der Waals surface area (Å²) in [4.78, 5) is 4.57. The summed E-state index contributed by atoms with van der Waals surface area (Å²) in [5, 5.41) is 20.4. The number of halogens is 1. The summed E-state index contributed by atoms with van der Waals surface area (Å²) in [7, 11) is 0. The molecule has 0 atom stereocenters. The number of guanidine groups is 1. The second kappa shape index (κ2) is 10.8. The van der Waals surface area contributed by atoms with Crippen molar-refractivity contribution in [3.63, 3.8) is 0 Å². The van der Waals surface area contributed by atoms with E-state index < -0.39 is 0 Å². The SMILES string of the molecule is CCNC(=NCCCc1nn(-c2ccc(F)cc2)c(N)c1C#N)NCCc1ccco1. The molecule has 162 valence electrons. The molecule has 8 nitrogen and oxygen atoms in total. The number of aryl methyl sites for hydroxylation is 1. The quantitative estimate of drug-likeness (QED) is 0.277. The lowest BCUT2D eigenvalue weighted by Gasteiger charge is -2.10. The summed E-state index contributed by atoms with van der Waals surface area (Å²) in [6.07, 6.45) is 3.68. The van der Waals surface area contributed by atoms with Crippen LogP contribution in [-0.4, -0.2) is 35.4 Å². The van der Waals surface area contributed by atoms with Gasteiger partial charge in [0.2, 0.25) is 0 Å². The van der Waals surface area contributed by atoms with Gasteiger partial charge in [0.15, 0.2) is 5.96 Å². The van der Waals surface area contributed by atoms with Crippen molar-refractivity contribution in [1.29, 1.82) is 5.26 Å². The predicted molar refractivity (Wildman–Crippen MR) is 117 cm³/mol. The highest BCUT2D eigenvalue weighted by molar-refractivity contribution is 5.79. The zero-order valence-electron chi connectivity index (χ0n) is 17.4. The van der Waals surface area contributed by atoms with Crippen LogP contribution in [0.3, 0.4) is 0 Å². The van der Waals surface area contributed by atoms with Gasteiger partial charge < -0.3 is 20.8 Å². The molecule has 9 heteroatoms. The van der Waals surface area contributed by atoms with Gasteiger partial charge in [-0.25, -0.2) is 9.07 Å². The molecule has 0 fully saturated rings. The molecule has 0 saturated heterocycles. The highest BCUT2D eigenvalue weighted by Crippen LogP contribution is 2.21. The first kappa shape index (κ1) is 21.9. The number of aliphatic imine (C=N–C) groups is 1. The lowest BCUT2D eigenvalue weighted by Crippen LogP contribution is -2.38. The Kier molecular flexibility index (Phi) is 7.65. The Hall–Kier alpha value is -3.80. The molecule has 0 radical (unpaired) electrons. The highest BCUT2D eigenvalue weighted by atomic mass is 19.1. The van der Waals surface area contributed by atoms with Gasteiger partial charge in [-0.2, -0.15) is 10.4 Å². The summed E-state index contributed by atoms with van der Waals surface area (Å²) in [6, 6.07) is 11.7. The molecule has 3 rings (SSSR count). The van der Waals surface area contributed by atoms with Crippen molar-refractivity contribution in [1.82, 2.24) is 20.4 Å². The first-order valence-electron chi connectivity index (χ1n) is 10.2. The average molecular weight is 423 g/mol. The minimum Gasteiger partial charge on any atom is -0.469 e. The Bertz CT molecular complexity index is 1030. The molecule has 2 aromatic heterocycles. The Morgan fingerprint density at radius 2 is 2.06 bits per heavy atom. The van der Waals surface area contributed by atoms with Crippen LogP contribution in [0.1, 0.15) is 30.4 Å². The van der Waals surface area contributed by atoms with Gasteiger partial charge in [0.1, 0.15) is 29.0 Å². The number of aromatic nitrogens is 2. The molecule has 2 heterocycles. The predicted octanol–water partition coefficient (Wildman–Crippen LogP) is 2.79. The Morgan fingerprint density at radius 3 is 2.74 bits per heavy atom. The summed E-state index contributed by atoms with van der Waals surface area (Å²) in [6.45, 7) is 4.03. The molecule has 0 unspecified atom stereocenters. The number of nitrogen functional groups attached to an aromatic ring is 1. The lowest BCUT2D eigenvalue weighted by molar-refractivity contribution is 0.507. The Morgan fingerprint density at radius 1 is 1.26 bits per heavy atom. The van der Waals surface area contributed by atoms with E-state index in [0.29, 0.717) is 42.9 Å². The van der Waals surface area contributed by atoms with Gasteiger partial charge in [0, 0.05) is 26.1 Å². The van der Waals surface area contributed by atoms with E-state index in [2.05, 4.69) is 26.8 Å². The molecule has 0 aliphatic carbocycles. The van der Waals surface area contributed by atoms with Crippen molar-refractivity contribution in [2.45, 2.75) is 26.2 Å². The van der Waals surface area contributed by atoms with E-state index in [1.807, 2.05) is 19.1 Å². The van der Waals surface area contributed by atoms with E-state index in [1.54, 1.807) is 18.4 Å². The number of hydrogen-bond donors (Lipinski definition) is 3. The fourth-order valence-electron chi connectivity index (χ4n) is 3.09. The van der Waals surface area contributed by atoms with Crippen LogP contribution < -0.4 is 16.4 Å². The molecule has 0 bridgehead atoms. The number of furan rings is 1. The fraction of sp³-hybridized carbons (Fsp3) is 0.318. The Labute approximate surface area is 180 Å². The number of hydrogen-bond acceptors (Lipinski definition) is 5. The standard InChI is InChI=1S/C22H26FN7O/c1-2-26-22(28-13-11-18-5-4-14-31-18)27-12-3-6-20-19(15-24)21(25)30(29-20)17-9-7-16(23)8-10-17/h4-5,7-10,14H,2-3,6,11-13,25H2,1H3,(H2,26,27,28). The number of nitrogens with two attached hydrogens (primary N) is 1. The van der Waals surface area contributed by atoms with Crippen LogP contribution in [0.5, 0.6) is 0 Å². The number of benzene rings is 1. The molecule has 3 aromatic rings. The van der Waals surface area contributed by atoms with Crippen molar-refractivity contribution in [3.05, 3.63) is 65.5 Å². The van der Waals surface area contributed by atoms with Crippen molar-refractivity contribution in [2.24, 2.45) is 4.99 Å². The third-order valence-corrected chi connectivity index (χ3v) is 4.61. The maximum atomic E-state index is 13.2. The van der Waals surface area contributed by atoms with Gasteiger partial charge in [-0.1, -0.05) is 0 Å². The summed E-state index contributed by atoms with van der Waals surface area (Å²) >= 11 is 0. The van der Waals surface area contributed by atoms with E-state index in [0.717, 1.165) is 24.7 Å². The summed E-state index contributed by atoms with van der Waals surface area (Å²) in [5.74, 6) is 1.55. The number of nitriles is 1. The van der Waals surface area contributed by atoms with Crippen LogP contribution in [0.4, 0.5) is 10.2 Å². The maximum absolute atomic E-state index is 13.2. The largest absolute Gasteiger partial charge is 0.469 e. The second-order valence-corrected chi connectivity index (χ2v) is 6.83.